The summed E-state index contributed by atoms with van der Waals surface area (Å²) in [4.78, 5) is 7.05. The van der Waals surface area contributed by atoms with E-state index in [-0.39, 0.29) is 0 Å². The maximum atomic E-state index is 6.15. The molecule has 1 fully saturated rings. The highest BCUT2D eigenvalue weighted by atomic mass is 35.5. The smallest absolute Gasteiger partial charge is 0.193 e. The molecule has 1 saturated heterocycles. The van der Waals surface area contributed by atoms with Crippen LogP contribution in [0.15, 0.2) is 29.3 Å². The molecule has 0 spiro atoms. The minimum Gasteiger partial charge on any atom is -0.357 e. The van der Waals surface area contributed by atoms with Gasteiger partial charge in [-0.3, -0.25) is 4.99 Å². The van der Waals surface area contributed by atoms with Crippen LogP contribution in [0.25, 0.3) is 0 Å². The van der Waals surface area contributed by atoms with Crippen molar-refractivity contribution in [3.63, 3.8) is 0 Å². The van der Waals surface area contributed by atoms with Gasteiger partial charge in [0.25, 0.3) is 0 Å². The fraction of sp³-hybridized carbons (Fsp3) is 0.533. The Morgan fingerprint density at radius 1 is 1.32 bits per heavy atom. The third kappa shape index (κ3) is 4.13. The Kier molecular flexibility index (Phi) is 5.52. The van der Waals surface area contributed by atoms with E-state index in [0.717, 1.165) is 43.6 Å². The normalized spacial score (nSPS) is 15.9. The Hall–Kier alpha value is -1.22. The minimum absolute atomic E-state index is 0.780. The number of hydrogen-bond donors (Lipinski definition) is 1. The van der Waals surface area contributed by atoms with Crippen molar-refractivity contribution in [3.8, 4) is 0 Å². The number of rotatable bonds is 4. The molecule has 4 heteroatoms. The third-order valence-electron chi connectivity index (χ3n) is 3.34. The van der Waals surface area contributed by atoms with Crippen LogP contribution in [0, 0.1) is 0 Å². The highest BCUT2D eigenvalue weighted by Gasteiger charge is 2.15. The molecule has 0 radical (unpaired) electrons. The molecule has 1 aliphatic heterocycles. The van der Waals surface area contributed by atoms with Crippen LogP contribution < -0.4 is 5.32 Å². The molecule has 0 aliphatic carbocycles. The summed E-state index contributed by atoms with van der Waals surface area (Å²) in [5, 5.41) is 4.21. The van der Waals surface area contributed by atoms with E-state index < -0.39 is 0 Å². The number of guanidine groups is 1. The second-order valence-corrected chi connectivity index (χ2v) is 5.18. The van der Waals surface area contributed by atoms with Crippen LogP contribution in [0.5, 0.6) is 0 Å². The fourth-order valence-electron chi connectivity index (χ4n) is 2.34. The Labute approximate surface area is 120 Å². The number of halogens is 1. The zero-order chi connectivity index (χ0) is 13.5. The lowest BCUT2D eigenvalue weighted by Gasteiger charge is -2.20. The monoisotopic (exact) mass is 279 g/mol. The van der Waals surface area contributed by atoms with Gasteiger partial charge in [-0.25, -0.2) is 0 Å². The number of aliphatic imine (C=N–C) groups is 1. The van der Waals surface area contributed by atoms with Gasteiger partial charge in [0, 0.05) is 31.2 Å². The first-order valence-corrected chi connectivity index (χ1v) is 7.45. The van der Waals surface area contributed by atoms with Gasteiger partial charge >= 0.3 is 0 Å². The van der Waals surface area contributed by atoms with Crippen LogP contribution in [-0.4, -0.2) is 37.0 Å². The van der Waals surface area contributed by atoms with E-state index in [0.29, 0.717) is 0 Å². The highest BCUT2D eigenvalue weighted by Crippen LogP contribution is 2.15. The molecule has 0 atom stereocenters. The Morgan fingerprint density at radius 3 is 2.74 bits per heavy atom. The summed E-state index contributed by atoms with van der Waals surface area (Å²) in [5.41, 5.74) is 1.17. The van der Waals surface area contributed by atoms with Gasteiger partial charge < -0.3 is 10.2 Å². The summed E-state index contributed by atoms with van der Waals surface area (Å²) >= 11 is 6.15. The fourth-order valence-corrected chi connectivity index (χ4v) is 2.57. The average Bonchev–Trinajstić information content (AvgIpc) is 2.94. The Bertz CT molecular complexity index is 425. The van der Waals surface area contributed by atoms with Gasteiger partial charge in [-0.2, -0.15) is 0 Å². The Balaban J connectivity index is 1.93. The van der Waals surface area contributed by atoms with Gasteiger partial charge in [-0.05, 0) is 37.8 Å². The lowest BCUT2D eigenvalue weighted by Crippen LogP contribution is -2.39. The zero-order valence-electron chi connectivity index (χ0n) is 11.5. The largest absolute Gasteiger partial charge is 0.357 e. The van der Waals surface area contributed by atoms with E-state index >= 15 is 0 Å². The molecule has 1 heterocycles. The zero-order valence-corrected chi connectivity index (χ0v) is 12.3. The van der Waals surface area contributed by atoms with Crippen molar-refractivity contribution in [3.05, 3.63) is 34.9 Å². The highest BCUT2D eigenvalue weighted by molar-refractivity contribution is 6.31. The summed E-state index contributed by atoms with van der Waals surface area (Å²) in [7, 11) is 0. The van der Waals surface area contributed by atoms with Gasteiger partial charge in [-0.1, -0.05) is 29.8 Å². The summed E-state index contributed by atoms with van der Waals surface area (Å²) in [6, 6.07) is 7.99. The topological polar surface area (TPSA) is 27.6 Å². The first-order chi connectivity index (χ1) is 9.31. The second kappa shape index (κ2) is 7.39. The van der Waals surface area contributed by atoms with Crippen molar-refractivity contribution in [2.24, 2.45) is 4.99 Å². The molecule has 3 nitrogen and oxygen atoms in total. The quantitative estimate of drug-likeness (QED) is 0.678. The standard InChI is InChI=1S/C15H22ClN3/c1-2-17-15(19-11-5-6-12-19)18-10-9-13-7-3-4-8-14(13)16/h3-4,7-8H,2,5-6,9-12H2,1H3,(H,17,18). The minimum atomic E-state index is 0.780. The van der Waals surface area contributed by atoms with Crippen molar-refractivity contribution < 1.29 is 0 Å². The van der Waals surface area contributed by atoms with E-state index in [1.807, 2.05) is 18.2 Å². The number of hydrogen-bond acceptors (Lipinski definition) is 1. The summed E-state index contributed by atoms with van der Waals surface area (Å²) in [6.45, 7) is 6.06. The molecule has 1 aliphatic rings. The molecule has 0 unspecified atom stereocenters. The molecule has 0 bridgehead atoms. The molecule has 2 rings (SSSR count). The van der Waals surface area contributed by atoms with Gasteiger partial charge in [0.05, 0.1) is 0 Å². The molecule has 1 aromatic carbocycles. The number of likely N-dealkylation sites (tertiary alicyclic amines) is 1. The molecule has 1 aromatic rings. The summed E-state index contributed by atoms with van der Waals surface area (Å²) < 4.78 is 0. The van der Waals surface area contributed by atoms with Crippen LogP contribution >= 0.6 is 11.6 Å². The van der Waals surface area contributed by atoms with E-state index in [1.165, 1.54) is 18.4 Å². The molecule has 19 heavy (non-hydrogen) atoms. The van der Waals surface area contributed by atoms with Crippen LogP contribution in [-0.2, 0) is 6.42 Å². The van der Waals surface area contributed by atoms with Gasteiger partial charge in [0.15, 0.2) is 5.96 Å². The van der Waals surface area contributed by atoms with E-state index in [1.54, 1.807) is 0 Å². The number of benzene rings is 1. The number of nitrogens with one attached hydrogen (secondary N) is 1. The SMILES string of the molecule is CCNC(=NCCc1ccccc1Cl)N1CCCC1. The molecule has 0 saturated carbocycles. The van der Waals surface area contributed by atoms with E-state index in [2.05, 4.69) is 23.2 Å². The second-order valence-electron chi connectivity index (χ2n) is 4.77. The molecule has 0 aromatic heterocycles. The van der Waals surface area contributed by atoms with E-state index in [4.69, 9.17) is 16.6 Å². The maximum absolute atomic E-state index is 6.15. The van der Waals surface area contributed by atoms with Crippen LogP contribution in [0.4, 0.5) is 0 Å². The van der Waals surface area contributed by atoms with Gasteiger partial charge in [0.2, 0.25) is 0 Å². The lowest BCUT2D eigenvalue weighted by molar-refractivity contribution is 0.494. The average molecular weight is 280 g/mol. The molecular weight excluding hydrogens is 258 g/mol. The molecule has 104 valence electrons. The van der Waals surface area contributed by atoms with Crippen molar-refractivity contribution in [2.45, 2.75) is 26.2 Å². The van der Waals surface area contributed by atoms with Crippen LogP contribution in [0.1, 0.15) is 25.3 Å². The maximum Gasteiger partial charge on any atom is 0.193 e. The number of nitrogens with zero attached hydrogens (tertiary/aromatic N) is 2. The van der Waals surface area contributed by atoms with Crippen molar-refractivity contribution in [2.75, 3.05) is 26.2 Å². The van der Waals surface area contributed by atoms with Gasteiger partial charge in [-0.15, -0.1) is 0 Å². The Morgan fingerprint density at radius 2 is 2.05 bits per heavy atom. The lowest BCUT2D eigenvalue weighted by atomic mass is 10.1. The first kappa shape index (κ1) is 14.2. The first-order valence-electron chi connectivity index (χ1n) is 7.08. The van der Waals surface area contributed by atoms with Crippen molar-refractivity contribution in [1.82, 2.24) is 10.2 Å². The summed E-state index contributed by atoms with van der Waals surface area (Å²) in [6.07, 6.45) is 3.44. The van der Waals surface area contributed by atoms with Crippen molar-refractivity contribution in [1.29, 1.82) is 0 Å². The summed E-state index contributed by atoms with van der Waals surface area (Å²) in [5.74, 6) is 1.05. The predicted molar refractivity (Wildman–Crippen MR) is 81.9 cm³/mol. The third-order valence-corrected chi connectivity index (χ3v) is 3.71. The van der Waals surface area contributed by atoms with E-state index in [9.17, 15) is 0 Å². The predicted octanol–water partition coefficient (Wildman–Crippen LogP) is 2.94. The molecular formula is C15H22ClN3. The van der Waals surface area contributed by atoms with Gasteiger partial charge in [0.1, 0.15) is 0 Å². The molecule has 0 amide bonds. The van der Waals surface area contributed by atoms with Crippen molar-refractivity contribution >= 4 is 17.6 Å². The van der Waals surface area contributed by atoms with Crippen LogP contribution in [0.3, 0.4) is 0 Å². The molecule has 1 N–H and O–H groups in total. The van der Waals surface area contributed by atoms with Crippen LogP contribution in [0.2, 0.25) is 5.02 Å².